The Balaban J connectivity index is 2.61. The van der Waals surface area contributed by atoms with Crippen LogP contribution in [0, 0.1) is 5.92 Å². The lowest BCUT2D eigenvalue weighted by atomic mass is 10.1. The van der Waals surface area contributed by atoms with Gasteiger partial charge in [0.1, 0.15) is 5.75 Å². The van der Waals surface area contributed by atoms with E-state index in [-0.39, 0.29) is 6.61 Å². The lowest BCUT2D eigenvalue weighted by Crippen LogP contribution is -2.15. The zero-order valence-electron chi connectivity index (χ0n) is 11.4. The molecule has 1 rings (SSSR count). The normalized spacial score (nSPS) is 12.2. The highest BCUT2D eigenvalue weighted by Gasteiger charge is 2.05. The number of methoxy groups -OCH3 is 1. The Hall–Kier alpha value is -1.26. The van der Waals surface area contributed by atoms with Crippen LogP contribution < -0.4 is 10.1 Å². The van der Waals surface area contributed by atoms with Crippen molar-refractivity contribution < 1.29 is 14.6 Å². The molecular weight excluding hydrogens is 230 g/mol. The molecule has 0 aliphatic carbocycles. The van der Waals surface area contributed by atoms with Gasteiger partial charge in [-0.25, -0.2) is 0 Å². The zero-order chi connectivity index (χ0) is 13.4. The number of hydrogen-bond donors (Lipinski definition) is 2. The van der Waals surface area contributed by atoms with Gasteiger partial charge in [0.25, 0.3) is 0 Å². The van der Waals surface area contributed by atoms with E-state index in [2.05, 4.69) is 12.2 Å². The van der Waals surface area contributed by atoms with Gasteiger partial charge >= 0.3 is 0 Å². The van der Waals surface area contributed by atoms with Crippen molar-refractivity contribution in [1.82, 2.24) is 0 Å². The largest absolute Gasteiger partial charge is 0.494 e. The SMILES string of the molecule is CCOc1ccc(NCC(C)COC)cc1CO. The summed E-state index contributed by atoms with van der Waals surface area (Å²) in [6.45, 7) is 6.21. The molecule has 1 atom stereocenters. The Morgan fingerprint density at radius 1 is 1.39 bits per heavy atom. The number of rotatable bonds is 8. The van der Waals surface area contributed by atoms with Gasteiger partial charge in [0.15, 0.2) is 0 Å². The Kier molecular flexibility index (Phi) is 6.54. The van der Waals surface area contributed by atoms with E-state index < -0.39 is 0 Å². The zero-order valence-corrected chi connectivity index (χ0v) is 11.4. The molecule has 4 heteroatoms. The topological polar surface area (TPSA) is 50.7 Å². The first-order valence-corrected chi connectivity index (χ1v) is 6.30. The maximum atomic E-state index is 9.30. The molecule has 0 saturated carbocycles. The fourth-order valence-electron chi connectivity index (χ4n) is 1.74. The van der Waals surface area contributed by atoms with Crippen LogP contribution in [0.1, 0.15) is 19.4 Å². The van der Waals surface area contributed by atoms with Gasteiger partial charge < -0.3 is 19.9 Å². The van der Waals surface area contributed by atoms with Gasteiger partial charge in [-0.1, -0.05) is 6.92 Å². The van der Waals surface area contributed by atoms with E-state index in [0.717, 1.165) is 30.2 Å². The van der Waals surface area contributed by atoms with Crippen molar-refractivity contribution in [3.05, 3.63) is 23.8 Å². The van der Waals surface area contributed by atoms with Crippen LogP contribution >= 0.6 is 0 Å². The second-order valence-electron chi connectivity index (χ2n) is 4.36. The number of hydrogen-bond acceptors (Lipinski definition) is 4. The van der Waals surface area contributed by atoms with Crippen LogP contribution in [0.5, 0.6) is 5.75 Å². The highest BCUT2D eigenvalue weighted by Crippen LogP contribution is 2.23. The van der Waals surface area contributed by atoms with Gasteiger partial charge in [0.05, 0.1) is 19.8 Å². The molecule has 1 aromatic rings. The molecule has 0 heterocycles. The Morgan fingerprint density at radius 2 is 2.17 bits per heavy atom. The smallest absolute Gasteiger partial charge is 0.124 e. The average Bonchev–Trinajstić information content (AvgIpc) is 2.38. The molecule has 2 N–H and O–H groups in total. The summed E-state index contributed by atoms with van der Waals surface area (Å²) in [5, 5.41) is 12.6. The second kappa shape index (κ2) is 7.95. The van der Waals surface area contributed by atoms with E-state index in [1.165, 1.54) is 0 Å². The van der Waals surface area contributed by atoms with E-state index >= 15 is 0 Å². The molecule has 0 aliphatic heterocycles. The Morgan fingerprint density at radius 3 is 2.78 bits per heavy atom. The van der Waals surface area contributed by atoms with E-state index in [9.17, 15) is 5.11 Å². The number of aliphatic hydroxyl groups excluding tert-OH is 1. The highest BCUT2D eigenvalue weighted by atomic mass is 16.5. The molecule has 1 aromatic carbocycles. The van der Waals surface area contributed by atoms with Crippen molar-refractivity contribution >= 4 is 5.69 Å². The Bertz CT molecular complexity index is 355. The molecule has 1 unspecified atom stereocenters. The van der Waals surface area contributed by atoms with Crippen molar-refractivity contribution in [2.24, 2.45) is 5.92 Å². The van der Waals surface area contributed by atoms with Gasteiger partial charge in [-0.05, 0) is 31.0 Å². The molecule has 0 saturated heterocycles. The van der Waals surface area contributed by atoms with Crippen LogP contribution in [0.15, 0.2) is 18.2 Å². The van der Waals surface area contributed by atoms with Gasteiger partial charge in [0.2, 0.25) is 0 Å². The summed E-state index contributed by atoms with van der Waals surface area (Å²) in [7, 11) is 1.71. The lowest BCUT2D eigenvalue weighted by Gasteiger charge is -2.14. The number of anilines is 1. The molecule has 18 heavy (non-hydrogen) atoms. The summed E-state index contributed by atoms with van der Waals surface area (Å²) in [6.07, 6.45) is 0. The van der Waals surface area contributed by atoms with Crippen LogP contribution in [0.4, 0.5) is 5.69 Å². The Labute approximate surface area is 109 Å². The molecule has 102 valence electrons. The number of aliphatic hydroxyl groups is 1. The van der Waals surface area contributed by atoms with Gasteiger partial charge in [-0.2, -0.15) is 0 Å². The predicted molar refractivity (Wildman–Crippen MR) is 73.1 cm³/mol. The molecule has 0 aliphatic rings. The molecule has 0 aromatic heterocycles. The first-order valence-electron chi connectivity index (χ1n) is 6.30. The number of ether oxygens (including phenoxy) is 2. The van der Waals surface area contributed by atoms with Crippen molar-refractivity contribution in [1.29, 1.82) is 0 Å². The highest BCUT2D eigenvalue weighted by molar-refractivity contribution is 5.51. The molecule has 0 amide bonds. The van der Waals surface area contributed by atoms with Crippen molar-refractivity contribution in [2.45, 2.75) is 20.5 Å². The summed E-state index contributed by atoms with van der Waals surface area (Å²) in [4.78, 5) is 0. The average molecular weight is 253 g/mol. The van der Waals surface area contributed by atoms with E-state index in [1.807, 2.05) is 25.1 Å². The molecule has 0 radical (unpaired) electrons. The summed E-state index contributed by atoms with van der Waals surface area (Å²) in [5.41, 5.74) is 1.80. The van der Waals surface area contributed by atoms with Crippen LogP contribution in [0.3, 0.4) is 0 Å². The standard InChI is InChI=1S/C14H23NO3/c1-4-18-14-6-5-13(7-12(14)9-16)15-8-11(2)10-17-3/h5-7,11,15-16H,4,8-10H2,1-3H3. The fourth-order valence-corrected chi connectivity index (χ4v) is 1.74. The van der Waals surface area contributed by atoms with Gasteiger partial charge in [-0.3, -0.25) is 0 Å². The third-order valence-electron chi connectivity index (χ3n) is 2.64. The van der Waals surface area contributed by atoms with Crippen LogP contribution in [0.2, 0.25) is 0 Å². The molecule has 0 fully saturated rings. The van der Waals surface area contributed by atoms with Crippen LogP contribution in [-0.2, 0) is 11.3 Å². The van der Waals surface area contributed by atoms with E-state index in [1.54, 1.807) is 7.11 Å². The number of benzene rings is 1. The second-order valence-corrected chi connectivity index (χ2v) is 4.36. The first kappa shape index (κ1) is 14.8. The summed E-state index contributed by atoms with van der Waals surface area (Å²) >= 11 is 0. The van der Waals surface area contributed by atoms with Crippen molar-refractivity contribution in [3.63, 3.8) is 0 Å². The lowest BCUT2D eigenvalue weighted by molar-refractivity contribution is 0.164. The monoisotopic (exact) mass is 253 g/mol. The molecule has 0 spiro atoms. The third kappa shape index (κ3) is 4.55. The van der Waals surface area contributed by atoms with Crippen LogP contribution in [-0.4, -0.2) is 32.0 Å². The summed E-state index contributed by atoms with van der Waals surface area (Å²) in [5.74, 6) is 1.19. The van der Waals surface area contributed by atoms with Crippen LogP contribution in [0.25, 0.3) is 0 Å². The summed E-state index contributed by atoms with van der Waals surface area (Å²) in [6, 6.07) is 5.77. The molecule has 4 nitrogen and oxygen atoms in total. The molecular formula is C14H23NO3. The first-order chi connectivity index (χ1) is 8.71. The van der Waals surface area contributed by atoms with E-state index in [0.29, 0.717) is 12.5 Å². The number of nitrogens with one attached hydrogen (secondary N) is 1. The fraction of sp³-hybridized carbons (Fsp3) is 0.571. The quantitative estimate of drug-likeness (QED) is 0.746. The maximum absolute atomic E-state index is 9.30. The van der Waals surface area contributed by atoms with Gasteiger partial charge in [0, 0.05) is 24.9 Å². The maximum Gasteiger partial charge on any atom is 0.124 e. The minimum atomic E-state index is -0.0154. The van der Waals surface area contributed by atoms with Crippen molar-refractivity contribution in [3.8, 4) is 5.75 Å². The molecule has 0 bridgehead atoms. The minimum Gasteiger partial charge on any atom is -0.494 e. The third-order valence-corrected chi connectivity index (χ3v) is 2.64. The van der Waals surface area contributed by atoms with Crippen molar-refractivity contribution in [2.75, 3.05) is 32.2 Å². The van der Waals surface area contributed by atoms with E-state index in [4.69, 9.17) is 9.47 Å². The minimum absolute atomic E-state index is 0.0154. The van der Waals surface area contributed by atoms with Gasteiger partial charge in [-0.15, -0.1) is 0 Å². The summed E-state index contributed by atoms with van der Waals surface area (Å²) < 4.78 is 10.5. The predicted octanol–water partition coefficient (Wildman–Crippen LogP) is 2.27.